The molecule has 3 N–H and O–H groups in total. The molecule has 1 fully saturated rings. The van der Waals surface area contributed by atoms with Crippen LogP contribution in [0.15, 0.2) is 53.6 Å². The molecule has 0 spiro atoms. The molecular weight excluding hydrogens is 394 g/mol. The highest BCUT2D eigenvalue weighted by Gasteiger charge is 2.22. The molecule has 0 bridgehead atoms. The molecule has 5 nitrogen and oxygen atoms in total. The summed E-state index contributed by atoms with van der Waals surface area (Å²) in [6.07, 6.45) is 4.33. The second kappa shape index (κ2) is 8.39. The van der Waals surface area contributed by atoms with E-state index in [-0.39, 0.29) is 12.3 Å². The molecule has 0 radical (unpaired) electrons. The SMILES string of the molecule is NSc1cc(NC(=O)Cc2ccccc2Cl)cc2c(OCC3CC3)nccc12. The van der Waals surface area contributed by atoms with Crippen LogP contribution in [0.25, 0.3) is 10.8 Å². The number of amides is 1. The lowest BCUT2D eigenvalue weighted by Crippen LogP contribution is -2.14. The number of rotatable bonds is 7. The van der Waals surface area contributed by atoms with Crippen molar-refractivity contribution in [3.8, 4) is 5.88 Å². The number of ether oxygens (including phenoxy) is 1. The molecular formula is C21H20ClN3O2S. The number of hydrogen-bond acceptors (Lipinski definition) is 5. The van der Waals surface area contributed by atoms with Crippen LogP contribution in [0.2, 0.25) is 5.02 Å². The van der Waals surface area contributed by atoms with Gasteiger partial charge in [-0.3, -0.25) is 9.93 Å². The van der Waals surface area contributed by atoms with E-state index in [4.69, 9.17) is 21.5 Å². The van der Waals surface area contributed by atoms with Crippen LogP contribution in [0.1, 0.15) is 18.4 Å². The average molecular weight is 414 g/mol. The third kappa shape index (κ3) is 4.41. The van der Waals surface area contributed by atoms with E-state index < -0.39 is 0 Å². The summed E-state index contributed by atoms with van der Waals surface area (Å²) in [5.41, 5.74) is 1.44. The van der Waals surface area contributed by atoms with Crippen LogP contribution in [-0.2, 0) is 11.2 Å². The standard InChI is InChI=1S/C21H20ClN3O2S/c22-18-4-2-1-3-14(18)9-20(26)25-15-10-17-16(19(11-15)28-23)7-8-24-21(17)27-12-13-5-6-13/h1-4,7-8,10-11,13H,5-6,9,12,23H2,(H,25,26). The Hall–Kier alpha value is -2.28. The molecule has 1 aromatic heterocycles. The number of hydrogen-bond donors (Lipinski definition) is 2. The van der Waals surface area contributed by atoms with Gasteiger partial charge in [0.2, 0.25) is 11.8 Å². The number of anilines is 1. The zero-order valence-corrected chi connectivity index (χ0v) is 16.7. The van der Waals surface area contributed by atoms with Crippen molar-refractivity contribution in [3.63, 3.8) is 0 Å². The monoisotopic (exact) mass is 413 g/mol. The Bertz CT molecular complexity index is 1020. The molecule has 4 rings (SSSR count). The first-order valence-electron chi connectivity index (χ1n) is 9.09. The number of carbonyl (C=O) groups is 1. The van der Waals surface area contributed by atoms with Crippen molar-refractivity contribution in [3.05, 3.63) is 59.2 Å². The number of pyridine rings is 1. The number of nitrogens with zero attached hydrogens (tertiary/aromatic N) is 1. The topological polar surface area (TPSA) is 77.2 Å². The number of benzene rings is 2. The number of halogens is 1. The Morgan fingerprint density at radius 1 is 1.25 bits per heavy atom. The Labute approximate surface area is 172 Å². The van der Waals surface area contributed by atoms with Gasteiger partial charge in [0.1, 0.15) is 0 Å². The first-order valence-corrected chi connectivity index (χ1v) is 10.4. The number of fused-ring (bicyclic) bond motifs is 1. The van der Waals surface area contributed by atoms with Gasteiger partial charge in [-0.15, -0.1) is 0 Å². The molecule has 0 saturated heterocycles. The molecule has 144 valence electrons. The summed E-state index contributed by atoms with van der Waals surface area (Å²) in [7, 11) is 0. The van der Waals surface area contributed by atoms with E-state index in [9.17, 15) is 4.79 Å². The van der Waals surface area contributed by atoms with Gasteiger partial charge in [0.25, 0.3) is 0 Å². The normalized spacial score (nSPS) is 13.5. The molecule has 0 aliphatic heterocycles. The lowest BCUT2D eigenvalue weighted by Gasteiger charge is -2.13. The van der Waals surface area contributed by atoms with Gasteiger partial charge in [0, 0.05) is 32.6 Å². The summed E-state index contributed by atoms with van der Waals surface area (Å²) in [4.78, 5) is 17.8. The fraction of sp³-hybridized carbons (Fsp3) is 0.238. The third-order valence-electron chi connectivity index (χ3n) is 4.68. The fourth-order valence-corrected chi connectivity index (χ4v) is 3.71. The predicted octanol–water partition coefficient (Wildman–Crippen LogP) is 4.82. The molecule has 2 aromatic carbocycles. The quantitative estimate of drug-likeness (QED) is 0.543. The highest BCUT2D eigenvalue weighted by molar-refractivity contribution is 7.97. The maximum Gasteiger partial charge on any atom is 0.228 e. The van der Waals surface area contributed by atoms with Crippen molar-refractivity contribution >= 4 is 45.9 Å². The minimum Gasteiger partial charge on any atom is -0.477 e. The van der Waals surface area contributed by atoms with Gasteiger partial charge in [-0.1, -0.05) is 29.8 Å². The highest BCUT2D eigenvalue weighted by Crippen LogP contribution is 2.35. The van der Waals surface area contributed by atoms with Crippen LogP contribution in [0, 0.1) is 5.92 Å². The van der Waals surface area contributed by atoms with E-state index in [2.05, 4.69) is 10.3 Å². The van der Waals surface area contributed by atoms with Gasteiger partial charge in [-0.2, -0.15) is 0 Å². The third-order valence-corrected chi connectivity index (χ3v) is 5.64. The van der Waals surface area contributed by atoms with Gasteiger partial charge >= 0.3 is 0 Å². The van der Waals surface area contributed by atoms with Crippen LogP contribution >= 0.6 is 23.5 Å². The molecule has 1 heterocycles. The molecule has 0 unspecified atom stereocenters. The van der Waals surface area contributed by atoms with Crippen molar-refractivity contribution in [2.24, 2.45) is 11.1 Å². The molecule has 3 aromatic rings. The van der Waals surface area contributed by atoms with Gasteiger partial charge in [0.15, 0.2) is 0 Å². The van der Waals surface area contributed by atoms with E-state index in [0.29, 0.717) is 29.1 Å². The second-order valence-corrected chi connectivity index (χ2v) is 7.96. The van der Waals surface area contributed by atoms with Gasteiger partial charge in [-0.05, 0) is 60.5 Å². The molecule has 1 amide bonds. The van der Waals surface area contributed by atoms with Gasteiger partial charge in [-0.25, -0.2) is 4.98 Å². The first-order chi connectivity index (χ1) is 13.6. The Balaban J connectivity index is 1.60. The van der Waals surface area contributed by atoms with Crippen molar-refractivity contribution < 1.29 is 9.53 Å². The van der Waals surface area contributed by atoms with Crippen molar-refractivity contribution in [2.45, 2.75) is 24.2 Å². The van der Waals surface area contributed by atoms with Gasteiger partial charge < -0.3 is 10.1 Å². The summed E-state index contributed by atoms with van der Waals surface area (Å²) >= 11 is 7.29. The molecule has 1 aliphatic carbocycles. The smallest absolute Gasteiger partial charge is 0.228 e. The average Bonchev–Trinajstić information content (AvgIpc) is 3.52. The lowest BCUT2D eigenvalue weighted by atomic mass is 10.1. The second-order valence-electron chi connectivity index (χ2n) is 6.87. The number of aromatic nitrogens is 1. The van der Waals surface area contributed by atoms with Crippen LogP contribution in [0.5, 0.6) is 5.88 Å². The van der Waals surface area contributed by atoms with E-state index >= 15 is 0 Å². The van der Waals surface area contributed by atoms with Crippen molar-refractivity contribution in [1.82, 2.24) is 4.98 Å². The highest BCUT2D eigenvalue weighted by atomic mass is 35.5. The first kappa shape index (κ1) is 19.1. The predicted molar refractivity (Wildman–Crippen MR) is 114 cm³/mol. The summed E-state index contributed by atoms with van der Waals surface area (Å²) in [5, 5.41) is 11.2. The molecule has 28 heavy (non-hydrogen) atoms. The fourth-order valence-electron chi connectivity index (χ4n) is 3.01. The zero-order chi connectivity index (χ0) is 19.5. The Morgan fingerprint density at radius 2 is 2.07 bits per heavy atom. The summed E-state index contributed by atoms with van der Waals surface area (Å²) in [6.45, 7) is 0.667. The maximum atomic E-state index is 12.5. The number of carbonyl (C=O) groups excluding carboxylic acids is 1. The van der Waals surface area contributed by atoms with E-state index in [1.165, 1.54) is 12.8 Å². The van der Waals surface area contributed by atoms with Crippen LogP contribution in [0.4, 0.5) is 5.69 Å². The van der Waals surface area contributed by atoms with E-state index in [1.807, 2.05) is 36.4 Å². The van der Waals surface area contributed by atoms with Crippen molar-refractivity contribution in [2.75, 3.05) is 11.9 Å². The van der Waals surface area contributed by atoms with E-state index in [1.54, 1.807) is 12.3 Å². The van der Waals surface area contributed by atoms with Crippen LogP contribution in [0.3, 0.4) is 0 Å². The van der Waals surface area contributed by atoms with E-state index in [0.717, 1.165) is 33.2 Å². The van der Waals surface area contributed by atoms with Crippen molar-refractivity contribution in [1.29, 1.82) is 0 Å². The zero-order valence-electron chi connectivity index (χ0n) is 15.2. The lowest BCUT2D eigenvalue weighted by molar-refractivity contribution is -0.115. The molecule has 1 aliphatic rings. The largest absolute Gasteiger partial charge is 0.477 e. The van der Waals surface area contributed by atoms with Gasteiger partial charge in [0.05, 0.1) is 13.0 Å². The Morgan fingerprint density at radius 3 is 2.82 bits per heavy atom. The van der Waals surface area contributed by atoms with Crippen LogP contribution in [-0.4, -0.2) is 17.5 Å². The maximum absolute atomic E-state index is 12.5. The molecule has 1 saturated carbocycles. The number of nitrogens with two attached hydrogens (primary N) is 1. The molecule has 7 heteroatoms. The summed E-state index contributed by atoms with van der Waals surface area (Å²) in [6, 6.07) is 13.0. The minimum atomic E-state index is -0.148. The van der Waals surface area contributed by atoms with Crippen LogP contribution < -0.4 is 15.2 Å². The molecule has 0 atom stereocenters. The summed E-state index contributed by atoms with van der Waals surface area (Å²) in [5.74, 6) is 1.05. The number of nitrogens with one attached hydrogen (secondary N) is 1. The Kier molecular flexibility index (Phi) is 5.71. The summed E-state index contributed by atoms with van der Waals surface area (Å²) < 4.78 is 5.92. The minimum absolute atomic E-state index is 0.148.